The summed E-state index contributed by atoms with van der Waals surface area (Å²) in [6.07, 6.45) is -3.27. The van der Waals surface area contributed by atoms with Crippen molar-refractivity contribution in [3.63, 3.8) is 0 Å². The number of hydrogen-bond donors (Lipinski definition) is 4. The molecule has 0 spiro atoms. The first-order valence-corrected chi connectivity index (χ1v) is 13.5. The highest BCUT2D eigenvalue weighted by Gasteiger charge is 2.41. The third kappa shape index (κ3) is 11.1. The molecule has 0 radical (unpaired) electrons. The Labute approximate surface area is 247 Å². The minimum Gasteiger partial charge on any atom is -0.475 e. The van der Waals surface area contributed by atoms with E-state index in [0.29, 0.717) is 5.57 Å². The van der Waals surface area contributed by atoms with Gasteiger partial charge in [-0.2, -0.15) is 13.2 Å². The third-order valence-electron chi connectivity index (χ3n) is 6.92. The van der Waals surface area contributed by atoms with Crippen molar-refractivity contribution in [3.05, 3.63) is 47.5 Å². The Bertz CT molecular complexity index is 1100. The van der Waals surface area contributed by atoms with Crippen LogP contribution in [0.3, 0.4) is 0 Å². The second-order valence-corrected chi connectivity index (χ2v) is 12.0. The molecule has 0 aliphatic heterocycles. The number of hydrogen-bond acceptors (Lipinski definition) is 5. The van der Waals surface area contributed by atoms with Crippen molar-refractivity contribution in [2.45, 2.75) is 85.1 Å². The number of halogens is 3. The lowest BCUT2D eigenvalue weighted by atomic mass is 9.76. The zero-order valence-electron chi connectivity index (χ0n) is 26.4. The maximum atomic E-state index is 13.8. The molecule has 1 aromatic carbocycles. The highest BCUT2D eigenvalue weighted by Crippen LogP contribution is 2.29. The number of alkyl halides is 3. The molecule has 238 valence electrons. The Morgan fingerprint density at radius 3 is 1.76 bits per heavy atom. The minimum atomic E-state index is -5.08. The normalized spacial score (nSPS) is 14.6. The molecule has 0 aromatic heterocycles. The zero-order chi connectivity index (χ0) is 33.2. The van der Waals surface area contributed by atoms with E-state index in [4.69, 9.17) is 9.90 Å². The van der Waals surface area contributed by atoms with Crippen LogP contribution in [-0.4, -0.2) is 79.1 Å². The van der Waals surface area contributed by atoms with E-state index in [9.17, 15) is 27.6 Å². The lowest BCUT2D eigenvalue weighted by Crippen LogP contribution is -2.61. The maximum absolute atomic E-state index is 13.8. The number of carbonyl (C=O) groups excluding carboxylic acids is 3. The number of carboxylic acids is 1. The summed E-state index contributed by atoms with van der Waals surface area (Å²) in [4.78, 5) is 50.0. The number of likely N-dealkylation sites (N-methyl/N-ethyl adjacent to an activating group) is 3. The molecule has 0 aliphatic carbocycles. The Balaban J connectivity index is 0.00000212. The van der Waals surface area contributed by atoms with Crippen molar-refractivity contribution in [3.8, 4) is 0 Å². The average Bonchev–Trinajstić information content (AvgIpc) is 2.88. The van der Waals surface area contributed by atoms with Crippen LogP contribution < -0.4 is 16.0 Å². The summed E-state index contributed by atoms with van der Waals surface area (Å²) in [6, 6.07) is 8.27. The molecule has 0 saturated heterocycles. The second kappa shape index (κ2) is 15.7. The van der Waals surface area contributed by atoms with E-state index in [2.05, 4.69) is 16.0 Å². The van der Waals surface area contributed by atoms with E-state index in [-0.39, 0.29) is 29.7 Å². The minimum absolute atomic E-state index is 0.0712. The van der Waals surface area contributed by atoms with Gasteiger partial charge in [0.2, 0.25) is 17.7 Å². The molecule has 12 heteroatoms. The van der Waals surface area contributed by atoms with Gasteiger partial charge in [-0.1, -0.05) is 84.9 Å². The first-order valence-electron chi connectivity index (χ1n) is 13.5. The number of nitrogens with zero attached hydrogens (tertiary/aromatic N) is 1. The maximum Gasteiger partial charge on any atom is 0.490 e. The van der Waals surface area contributed by atoms with E-state index in [1.54, 1.807) is 33.0 Å². The topological polar surface area (TPSA) is 128 Å². The molecule has 0 aliphatic rings. The molecule has 0 saturated carbocycles. The van der Waals surface area contributed by atoms with Crippen molar-refractivity contribution in [1.82, 2.24) is 20.9 Å². The fourth-order valence-electron chi connectivity index (χ4n) is 4.36. The van der Waals surface area contributed by atoms with Gasteiger partial charge in [0.1, 0.15) is 6.04 Å². The van der Waals surface area contributed by atoms with Crippen LogP contribution in [0.15, 0.2) is 42.0 Å². The van der Waals surface area contributed by atoms with E-state index in [0.717, 1.165) is 5.56 Å². The predicted octanol–water partition coefficient (Wildman–Crippen LogP) is 3.89. The summed E-state index contributed by atoms with van der Waals surface area (Å²) in [5, 5.41) is 16.0. The molecular weight excluding hydrogens is 553 g/mol. The molecule has 4 N–H and O–H groups in total. The lowest BCUT2D eigenvalue weighted by Gasteiger charge is -2.40. The van der Waals surface area contributed by atoms with Crippen LogP contribution in [-0.2, 0) is 24.6 Å². The smallest absolute Gasteiger partial charge is 0.475 e. The summed E-state index contributed by atoms with van der Waals surface area (Å²) >= 11 is 0. The molecule has 42 heavy (non-hydrogen) atoms. The van der Waals surface area contributed by atoms with E-state index in [1.807, 2.05) is 84.9 Å². The van der Waals surface area contributed by atoms with Crippen LogP contribution in [0, 0.1) is 11.3 Å². The Hall–Kier alpha value is -3.41. The number of benzene rings is 1. The number of carbonyl (C=O) groups is 4. The second-order valence-electron chi connectivity index (χ2n) is 12.0. The van der Waals surface area contributed by atoms with Crippen LogP contribution in [0.1, 0.15) is 61.0 Å². The first kappa shape index (κ1) is 38.6. The van der Waals surface area contributed by atoms with E-state index >= 15 is 0 Å². The molecule has 0 heterocycles. The van der Waals surface area contributed by atoms with Gasteiger partial charge in [-0.15, -0.1) is 0 Å². The molecule has 0 fully saturated rings. The quantitative estimate of drug-likeness (QED) is 0.302. The molecule has 1 aromatic rings. The molecular formula is C30H47F3N4O5. The first-order chi connectivity index (χ1) is 19.0. The molecule has 0 unspecified atom stereocenters. The van der Waals surface area contributed by atoms with Crippen LogP contribution in [0.5, 0.6) is 0 Å². The summed E-state index contributed by atoms with van der Waals surface area (Å²) in [5.41, 5.74) is 0.532. The fourth-order valence-corrected chi connectivity index (χ4v) is 4.36. The molecule has 1 rings (SSSR count). The number of aliphatic carboxylic acids is 1. The predicted molar refractivity (Wildman–Crippen MR) is 157 cm³/mol. The summed E-state index contributed by atoms with van der Waals surface area (Å²) in [6.45, 7) is 15.6. The van der Waals surface area contributed by atoms with Crippen LogP contribution in [0.2, 0.25) is 0 Å². The summed E-state index contributed by atoms with van der Waals surface area (Å²) in [5.74, 6) is -3.30. The van der Waals surface area contributed by atoms with Gasteiger partial charge in [0.05, 0.1) is 12.1 Å². The zero-order valence-corrected chi connectivity index (χ0v) is 26.4. The lowest BCUT2D eigenvalue weighted by molar-refractivity contribution is -0.192. The van der Waals surface area contributed by atoms with Crippen molar-refractivity contribution >= 4 is 23.7 Å². The van der Waals surface area contributed by atoms with Gasteiger partial charge in [-0.05, 0) is 30.9 Å². The summed E-state index contributed by atoms with van der Waals surface area (Å²) in [7, 11) is 5.07. The molecule has 9 nitrogen and oxygen atoms in total. The van der Waals surface area contributed by atoms with Gasteiger partial charge in [0.15, 0.2) is 0 Å². The number of rotatable bonds is 10. The third-order valence-corrected chi connectivity index (χ3v) is 6.92. The number of amides is 3. The number of carboxylic acid groups (broad SMARTS) is 1. The van der Waals surface area contributed by atoms with E-state index < -0.39 is 35.1 Å². The van der Waals surface area contributed by atoms with Crippen molar-refractivity contribution in [2.24, 2.45) is 11.3 Å². The summed E-state index contributed by atoms with van der Waals surface area (Å²) < 4.78 is 31.7. The van der Waals surface area contributed by atoms with Crippen molar-refractivity contribution in [2.75, 3.05) is 21.1 Å². The molecule has 3 amide bonds. The van der Waals surface area contributed by atoms with Crippen LogP contribution in [0.25, 0.3) is 0 Å². The fraction of sp³-hybridized carbons (Fsp3) is 0.600. The van der Waals surface area contributed by atoms with Crippen LogP contribution in [0.4, 0.5) is 13.2 Å². The van der Waals surface area contributed by atoms with Gasteiger partial charge in [0, 0.05) is 25.1 Å². The van der Waals surface area contributed by atoms with Gasteiger partial charge < -0.3 is 26.0 Å². The van der Waals surface area contributed by atoms with E-state index in [1.165, 1.54) is 0 Å². The highest BCUT2D eigenvalue weighted by molar-refractivity contribution is 5.93. The average molecular weight is 601 g/mol. The largest absolute Gasteiger partial charge is 0.490 e. The van der Waals surface area contributed by atoms with Gasteiger partial charge >= 0.3 is 12.1 Å². The Kier molecular flexibility index (Phi) is 14.4. The standard InChI is InChI=1S/C28H46N4O3.C2HF3O2/c1-18(2)21(17-19(3)24(33)30-10)32(11)26(35)23(27(4,5)6)31-25(34)22(29-9)28(7,8)20-15-13-12-14-16-20;3-2(4,5)1(6)7/h12-18,21-23,29H,1-11H3,(H,30,33)(H,31,34);(H,6,7)/b19-17+;/t21-,22-,23-;/m1./s1. The van der Waals surface area contributed by atoms with Crippen LogP contribution >= 0.6 is 0 Å². The Morgan fingerprint density at radius 1 is 0.929 bits per heavy atom. The highest BCUT2D eigenvalue weighted by atomic mass is 19.4. The van der Waals surface area contributed by atoms with Crippen molar-refractivity contribution < 1.29 is 37.5 Å². The van der Waals surface area contributed by atoms with Gasteiger partial charge in [-0.25, -0.2) is 4.79 Å². The van der Waals surface area contributed by atoms with Crippen molar-refractivity contribution in [1.29, 1.82) is 0 Å². The van der Waals surface area contributed by atoms with Gasteiger partial charge in [-0.3, -0.25) is 14.4 Å². The molecule has 0 bridgehead atoms. The molecule has 3 atom stereocenters. The number of nitrogens with one attached hydrogen (secondary N) is 3. The SMILES string of the molecule is CNC(=O)/C(C)=C/[C@H](C(C)C)N(C)C(=O)[C@@H](NC(=O)[C@@H](NC)C(C)(C)c1ccccc1)C(C)(C)C.O=C(O)C(F)(F)F. The monoisotopic (exact) mass is 600 g/mol. The van der Waals surface area contributed by atoms with Gasteiger partial charge in [0.25, 0.3) is 0 Å². The Morgan fingerprint density at radius 2 is 1.40 bits per heavy atom.